The first-order valence-electron chi connectivity index (χ1n) is 6.82. The van der Waals surface area contributed by atoms with Crippen molar-refractivity contribution in [2.75, 3.05) is 13.2 Å². The van der Waals surface area contributed by atoms with Gasteiger partial charge in [0.25, 0.3) is 0 Å². The summed E-state index contributed by atoms with van der Waals surface area (Å²) >= 11 is 15.4. The molecule has 0 bridgehead atoms. The van der Waals surface area contributed by atoms with Crippen molar-refractivity contribution in [2.24, 2.45) is 0 Å². The zero-order valence-corrected chi connectivity index (χ0v) is 15.3. The predicted molar refractivity (Wildman–Crippen MR) is 91.3 cm³/mol. The first kappa shape index (κ1) is 18.1. The van der Waals surface area contributed by atoms with Crippen LogP contribution in [0.15, 0.2) is 16.6 Å². The lowest BCUT2D eigenvalue weighted by atomic mass is 10.1. The lowest BCUT2D eigenvalue weighted by Gasteiger charge is -2.20. The van der Waals surface area contributed by atoms with Gasteiger partial charge in [0.2, 0.25) is 0 Å². The van der Waals surface area contributed by atoms with Gasteiger partial charge in [0.05, 0.1) is 16.7 Å². The highest BCUT2D eigenvalue weighted by atomic mass is 79.9. The van der Waals surface area contributed by atoms with Crippen molar-refractivity contribution in [3.63, 3.8) is 0 Å². The summed E-state index contributed by atoms with van der Waals surface area (Å²) in [4.78, 5) is 0. The molecule has 2 nitrogen and oxygen atoms in total. The minimum atomic E-state index is 0.193. The number of nitrogens with one attached hydrogen (secondary N) is 1. The minimum absolute atomic E-state index is 0.193. The van der Waals surface area contributed by atoms with E-state index < -0.39 is 0 Å². The third-order valence-corrected chi connectivity index (χ3v) is 4.20. The first-order chi connectivity index (χ1) is 9.29. The van der Waals surface area contributed by atoms with Gasteiger partial charge in [-0.15, -0.1) is 0 Å². The molecule has 0 saturated carbocycles. The van der Waals surface area contributed by atoms with Crippen LogP contribution in [-0.4, -0.2) is 18.7 Å². The molecule has 20 heavy (non-hydrogen) atoms. The van der Waals surface area contributed by atoms with Gasteiger partial charge >= 0.3 is 0 Å². The summed E-state index contributed by atoms with van der Waals surface area (Å²) in [5.74, 6) is 0.646. The van der Waals surface area contributed by atoms with Crippen LogP contribution in [0.25, 0.3) is 0 Å². The van der Waals surface area contributed by atoms with E-state index in [-0.39, 0.29) is 5.54 Å². The summed E-state index contributed by atoms with van der Waals surface area (Å²) in [6.45, 7) is 8.22. The summed E-state index contributed by atoms with van der Waals surface area (Å²) in [6.07, 6.45) is 3.29. The van der Waals surface area contributed by atoms with Crippen molar-refractivity contribution in [3.8, 4) is 5.75 Å². The molecule has 0 amide bonds. The Morgan fingerprint density at radius 1 is 1.10 bits per heavy atom. The fraction of sp³-hybridized carbons (Fsp3) is 0.600. The Kier molecular flexibility index (Phi) is 7.67. The number of unbranched alkanes of at least 4 members (excludes halogenated alkanes) is 2. The maximum absolute atomic E-state index is 6.09. The van der Waals surface area contributed by atoms with E-state index in [1.807, 2.05) is 0 Å². The molecular weight excluding hydrogens is 361 g/mol. The van der Waals surface area contributed by atoms with Crippen molar-refractivity contribution >= 4 is 39.1 Å². The highest BCUT2D eigenvalue weighted by Crippen LogP contribution is 2.34. The van der Waals surface area contributed by atoms with Crippen molar-refractivity contribution in [1.29, 1.82) is 0 Å². The second-order valence-electron chi connectivity index (χ2n) is 5.78. The van der Waals surface area contributed by atoms with Crippen LogP contribution >= 0.6 is 39.1 Å². The fourth-order valence-electron chi connectivity index (χ4n) is 1.66. The van der Waals surface area contributed by atoms with Crippen LogP contribution in [0.4, 0.5) is 0 Å². The van der Waals surface area contributed by atoms with E-state index in [1.165, 1.54) is 0 Å². The summed E-state index contributed by atoms with van der Waals surface area (Å²) in [5, 5.41) is 4.66. The van der Waals surface area contributed by atoms with E-state index in [4.69, 9.17) is 27.9 Å². The number of hydrogen-bond donors (Lipinski definition) is 1. The van der Waals surface area contributed by atoms with Crippen molar-refractivity contribution in [2.45, 2.75) is 45.6 Å². The summed E-state index contributed by atoms with van der Waals surface area (Å²) in [7, 11) is 0. The molecule has 0 aliphatic rings. The summed E-state index contributed by atoms with van der Waals surface area (Å²) < 4.78 is 6.44. The van der Waals surface area contributed by atoms with E-state index in [0.717, 1.165) is 30.3 Å². The molecule has 0 radical (unpaired) electrons. The molecule has 0 atom stereocenters. The third kappa shape index (κ3) is 7.16. The quantitative estimate of drug-likeness (QED) is 0.482. The van der Waals surface area contributed by atoms with Crippen LogP contribution in [0.2, 0.25) is 10.0 Å². The predicted octanol–water partition coefficient (Wildman–Crippen LogP) is 5.69. The number of halogens is 3. The molecule has 0 aromatic heterocycles. The van der Waals surface area contributed by atoms with Gasteiger partial charge in [-0.2, -0.15) is 0 Å². The Labute approximate surface area is 140 Å². The Morgan fingerprint density at radius 2 is 1.80 bits per heavy atom. The topological polar surface area (TPSA) is 21.3 Å². The smallest absolute Gasteiger partial charge is 0.139 e. The van der Waals surface area contributed by atoms with E-state index in [0.29, 0.717) is 22.4 Å². The number of rotatable bonds is 7. The molecule has 1 aromatic carbocycles. The number of benzene rings is 1. The van der Waals surface area contributed by atoms with E-state index in [9.17, 15) is 0 Å². The van der Waals surface area contributed by atoms with Crippen molar-refractivity contribution < 1.29 is 4.74 Å². The molecule has 5 heteroatoms. The van der Waals surface area contributed by atoms with E-state index in [2.05, 4.69) is 42.0 Å². The molecule has 0 spiro atoms. The van der Waals surface area contributed by atoms with Crippen LogP contribution < -0.4 is 10.1 Å². The maximum Gasteiger partial charge on any atom is 0.139 e. The van der Waals surface area contributed by atoms with Gasteiger partial charge in [0, 0.05) is 16.1 Å². The molecule has 0 aliphatic carbocycles. The van der Waals surface area contributed by atoms with Gasteiger partial charge in [-0.3, -0.25) is 0 Å². The van der Waals surface area contributed by atoms with E-state index in [1.54, 1.807) is 12.1 Å². The molecular formula is C15H22BrCl2NO. The second kappa shape index (κ2) is 8.47. The Bertz CT molecular complexity index is 433. The van der Waals surface area contributed by atoms with Crippen LogP contribution in [0, 0.1) is 0 Å². The molecule has 1 aromatic rings. The molecule has 0 saturated heterocycles. The largest absolute Gasteiger partial charge is 0.492 e. The van der Waals surface area contributed by atoms with Crippen molar-refractivity contribution in [3.05, 3.63) is 26.7 Å². The first-order valence-corrected chi connectivity index (χ1v) is 8.37. The second-order valence-corrected chi connectivity index (χ2v) is 7.45. The third-order valence-electron chi connectivity index (χ3n) is 2.71. The lowest BCUT2D eigenvalue weighted by Crippen LogP contribution is -2.36. The summed E-state index contributed by atoms with van der Waals surface area (Å²) in [5.41, 5.74) is 0.193. The SMILES string of the molecule is CC(C)(C)NCCCCCOc1cc(Cl)c(Br)cc1Cl. The van der Waals surface area contributed by atoms with E-state index >= 15 is 0 Å². The molecule has 114 valence electrons. The molecule has 0 unspecified atom stereocenters. The van der Waals surface area contributed by atoms with Crippen molar-refractivity contribution in [1.82, 2.24) is 5.32 Å². The molecule has 1 N–H and O–H groups in total. The van der Waals surface area contributed by atoms with Gasteiger partial charge in [0.1, 0.15) is 5.75 Å². The van der Waals surface area contributed by atoms with Crippen LogP contribution in [0.5, 0.6) is 5.75 Å². The van der Waals surface area contributed by atoms with Gasteiger partial charge in [0.15, 0.2) is 0 Å². The lowest BCUT2D eigenvalue weighted by molar-refractivity contribution is 0.303. The fourth-order valence-corrected chi connectivity index (χ4v) is 2.51. The standard InChI is InChI=1S/C15H22BrCl2NO/c1-15(2,3)19-7-5-4-6-8-20-14-10-12(17)11(16)9-13(14)18/h9-10,19H,4-8H2,1-3H3. The highest BCUT2D eigenvalue weighted by molar-refractivity contribution is 9.10. The molecule has 0 aliphatic heterocycles. The maximum atomic E-state index is 6.09. The molecule has 0 heterocycles. The van der Waals surface area contributed by atoms with Gasteiger partial charge < -0.3 is 10.1 Å². The van der Waals surface area contributed by atoms with Gasteiger partial charge in [-0.05, 0) is 68.6 Å². The monoisotopic (exact) mass is 381 g/mol. The van der Waals surface area contributed by atoms with Gasteiger partial charge in [-0.1, -0.05) is 23.2 Å². The highest BCUT2D eigenvalue weighted by Gasteiger charge is 2.08. The zero-order chi connectivity index (χ0) is 15.2. The average molecular weight is 383 g/mol. The Morgan fingerprint density at radius 3 is 2.45 bits per heavy atom. The zero-order valence-electron chi connectivity index (χ0n) is 12.2. The van der Waals surface area contributed by atoms with Crippen LogP contribution in [0.1, 0.15) is 40.0 Å². The summed E-state index contributed by atoms with van der Waals surface area (Å²) in [6, 6.07) is 3.50. The molecule has 0 fully saturated rings. The minimum Gasteiger partial charge on any atom is -0.492 e. The number of ether oxygens (including phenoxy) is 1. The van der Waals surface area contributed by atoms with Gasteiger partial charge in [-0.25, -0.2) is 0 Å². The average Bonchev–Trinajstić information content (AvgIpc) is 2.32. The Hall–Kier alpha value is 0.0400. The normalized spacial score (nSPS) is 11.7. The Balaban J connectivity index is 2.20. The van der Waals surface area contributed by atoms with Crippen LogP contribution in [-0.2, 0) is 0 Å². The molecule has 1 rings (SSSR count). The van der Waals surface area contributed by atoms with Crippen LogP contribution in [0.3, 0.4) is 0 Å². The number of hydrogen-bond acceptors (Lipinski definition) is 2.